The van der Waals surface area contributed by atoms with Gasteiger partial charge in [0.2, 0.25) is 0 Å². The number of aryl methyl sites for hydroxylation is 1. The maximum atomic E-state index is 12.1. The van der Waals surface area contributed by atoms with E-state index in [1.807, 2.05) is 31.2 Å². The first-order valence-corrected chi connectivity index (χ1v) is 10.6. The fourth-order valence-corrected chi connectivity index (χ4v) is 3.40. The van der Waals surface area contributed by atoms with E-state index in [1.54, 1.807) is 23.6 Å². The number of aromatic nitrogens is 1. The first-order chi connectivity index (χ1) is 15.4. The Morgan fingerprint density at radius 2 is 1.69 bits per heavy atom. The predicted molar refractivity (Wildman–Crippen MR) is 120 cm³/mol. The lowest BCUT2D eigenvalue weighted by Gasteiger charge is -2.10. The molecule has 1 aromatic heterocycles. The quantitative estimate of drug-likeness (QED) is 0.464. The minimum absolute atomic E-state index is 0.0265. The van der Waals surface area contributed by atoms with Gasteiger partial charge in [-0.05, 0) is 19.1 Å². The lowest BCUT2D eigenvalue weighted by Crippen LogP contribution is -2.21. The van der Waals surface area contributed by atoms with Crippen LogP contribution in [0.3, 0.4) is 0 Å². The number of carbonyl (C=O) groups excluding carboxylic acids is 2. The summed E-state index contributed by atoms with van der Waals surface area (Å²) in [5.41, 5.74) is 2.20. The van der Waals surface area contributed by atoms with Crippen LogP contribution in [0.15, 0.2) is 47.8 Å². The van der Waals surface area contributed by atoms with Crippen LogP contribution in [0.1, 0.15) is 16.3 Å². The Labute approximate surface area is 190 Å². The van der Waals surface area contributed by atoms with E-state index in [0.717, 1.165) is 16.3 Å². The zero-order valence-electron chi connectivity index (χ0n) is 18.0. The summed E-state index contributed by atoms with van der Waals surface area (Å²) in [5, 5.41) is 5.17. The number of ether oxygens (including phenoxy) is 4. The van der Waals surface area contributed by atoms with E-state index in [9.17, 15) is 9.59 Å². The number of nitrogens with one attached hydrogen (secondary N) is 1. The number of hydrogen-bond acceptors (Lipinski definition) is 8. The fraction of sp³-hybridized carbons (Fsp3) is 0.261. The van der Waals surface area contributed by atoms with Crippen LogP contribution < -0.4 is 19.5 Å². The van der Waals surface area contributed by atoms with Gasteiger partial charge < -0.3 is 24.3 Å². The molecule has 0 bridgehead atoms. The molecule has 0 aliphatic carbocycles. The second-order valence-corrected chi connectivity index (χ2v) is 7.76. The molecular formula is C23H24N2O6S. The molecule has 0 unspecified atom stereocenters. The number of benzene rings is 2. The van der Waals surface area contributed by atoms with E-state index >= 15 is 0 Å². The van der Waals surface area contributed by atoms with E-state index < -0.39 is 18.5 Å². The van der Waals surface area contributed by atoms with Crippen molar-refractivity contribution in [1.29, 1.82) is 0 Å². The maximum absolute atomic E-state index is 12.1. The normalized spacial score (nSPS) is 10.3. The summed E-state index contributed by atoms with van der Waals surface area (Å²) in [5.74, 6) is 0.801. The number of carbonyl (C=O) groups is 2. The molecule has 32 heavy (non-hydrogen) atoms. The van der Waals surface area contributed by atoms with Gasteiger partial charge >= 0.3 is 5.97 Å². The molecule has 0 spiro atoms. The molecule has 8 nitrogen and oxygen atoms in total. The molecule has 3 rings (SSSR count). The van der Waals surface area contributed by atoms with Crippen LogP contribution >= 0.6 is 11.3 Å². The summed E-state index contributed by atoms with van der Waals surface area (Å²) < 4.78 is 21.1. The smallest absolute Gasteiger partial charge is 0.312 e. The van der Waals surface area contributed by atoms with Gasteiger partial charge in [-0.3, -0.25) is 9.59 Å². The van der Waals surface area contributed by atoms with Gasteiger partial charge in [0.1, 0.15) is 28.9 Å². The monoisotopic (exact) mass is 456 g/mol. The molecule has 9 heteroatoms. The van der Waals surface area contributed by atoms with Crippen molar-refractivity contribution in [1.82, 2.24) is 4.98 Å². The third-order valence-corrected chi connectivity index (χ3v) is 5.18. The Kier molecular flexibility index (Phi) is 8.04. The molecule has 0 saturated heterocycles. The second-order valence-electron chi connectivity index (χ2n) is 6.82. The summed E-state index contributed by atoms with van der Waals surface area (Å²) in [6.45, 7) is 1.91. The highest BCUT2D eigenvalue weighted by Crippen LogP contribution is 2.25. The van der Waals surface area contributed by atoms with Crippen LogP contribution in [-0.2, 0) is 27.4 Å². The topological polar surface area (TPSA) is 96.0 Å². The van der Waals surface area contributed by atoms with Crippen molar-refractivity contribution in [2.24, 2.45) is 0 Å². The third kappa shape index (κ3) is 6.98. The minimum atomic E-state index is -0.542. The van der Waals surface area contributed by atoms with Crippen LogP contribution in [0.25, 0.3) is 0 Å². The molecular weight excluding hydrogens is 432 g/mol. The highest BCUT2D eigenvalue weighted by molar-refractivity contribution is 7.09. The molecule has 0 saturated carbocycles. The SMILES string of the molecule is COc1cc(NC(=O)COC(=O)Cc2csc(COc3ccc(C)cc3)n2)cc(OC)c1. The molecule has 0 fully saturated rings. The average molecular weight is 457 g/mol. The summed E-state index contributed by atoms with van der Waals surface area (Å²) in [6, 6.07) is 12.7. The highest BCUT2D eigenvalue weighted by atomic mass is 32.1. The van der Waals surface area contributed by atoms with Crippen molar-refractivity contribution in [3.05, 3.63) is 64.1 Å². The first kappa shape index (κ1) is 23.1. The Hall–Kier alpha value is -3.59. The van der Waals surface area contributed by atoms with Crippen molar-refractivity contribution in [3.63, 3.8) is 0 Å². The van der Waals surface area contributed by atoms with Crippen LogP contribution in [-0.4, -0.2) is 37.7 Å². The molecule has 0 atom stereocenters. The van der Waals surface area contributed by atoms with Gasteiger partial charge in [-0.15, -0.1) is 11.3 Å². The number of nitrogens with zero attached hydrogens (tertiary/aromatic N) is 1. The molecule has 0 aliphatic heterocycles. The van der Waals surface area contributed by atoms with Crippen molar-refractivity contribution < 1.29 is 28.5 Å². The summed E-state index contributed by atoms with van der Waals surface area (Å²) in [7, 11) is 3.03. The van der Waals surface area contributed by atoms with Crippen LogP contribution in [0.5, 0.6) is 17.2 Å². The third-order valence-electron chi connectivity index (χ3n) is 4.31. The number of thiazole rings is 1. The van der Waals surface area contributed by atoms with E-state index in [0.29, 0.717) is 29.5 Å². The Morgan fingerprint density at radius 1 is 1.00 bits per heavy atom. The summed E-state index contributed by atoms with van der Waals surface area (Å²) in [4.78, 5) is 28.6. The molecule has 1 amide bonds. The number of methoxy groups -OCH3 is 2. The Balaban J connectivity index is 1.44. The molecule has 2 aromatic carbocycles. The van der Waals surface area contributed by atoms with Crippen LogP contribution in [0.2, 0.25) is 0 Å². The standard InChI is InChI=1S/C23H24N2O6S/c1-15-4-6-18(7-5-15)30-13-22-25-17(14-32-22)10-23(27)31-12-21(26)24-16-8-19(28-2)11-20(9-16)29-3/h4-9,11,14H,10,12-13H2,1-3H3,(H,24,26). The molecule has 168 valence electrons. The van der Waals surface area contributed by atoms with Gasteiger partial charge in [0.05, 0.1) is 26.3 Å². The second kappa shape index (κ2) is 11.1. The van der Waals surface area contributed by atoms with Crippen molar-refractivity contribution in [2.45, 2.75) is 20.0 Å². The van der Waals surface area contributed by atoms with Gasteiger partial charge in [0.15, 0.2) is 6.61 Å². The highest BCUT2D eigenvalue weighted by Gasteiger charge is 2.13. The van der Waals surface area contributed by atoms with Crippen LogP contribution in [0.4, 0.5) is 5.69 Å². The predicted octanol–water partition coefficient (Wildman–Crippen LogP) is 3.77. The Bertz CT molecular complexity index is 1040. The lowest BCUT2D eigenvalue weighted by atomic mass is 10.2. The van der Waals surface area contributed by atoms with E-state index in [2.05, 4.69) is 10.3 Å². The molecule has 3 aromatic rings. The largest absolute Gasteiger partial charge is 0.497 e. The number of esters is 1. The van der Waals surface area contributed by atoms with Gasteiger partial charge in [-0.1, -0.05) is 17.7 Å². The lowest BCUT2D eigenvalue weighted by molar-refractivity contribution is -0.146. The molecule has 1 heterocycles. The van der Waals surface area contributed by atoms with Gasteiger partial charge in [-0.25, -0.2) is 4.98 Å². The summed E-state index contributed by atoms with van der Waals surface area (Å²) >= 11 is 1.40. The van der Waals surface area contributed by atoms with E-state index in [4.69, 9.17) is 18.9 Å². The first-order valence-electron chi connectivity index (χ1n) is 9.76. The van der Waals surface area contributed by atoms with E-state index in [1.165, 1.54) is 25.6 Å². The van der Waals surface area contributed by atoms with Gasteiger partial charge in [-0.2, -0.15) is 0 Å². The number of amides is 1. The fourth-order valence-electron chi connectivity index (χ4n) is 2.70. The average Bonchev–Trinajstić information content (AvgIpc) is 3.24. The zero-order chi connectivity index (χ0) is 22.9. The maximum Gasteiger partial charge on any atom is 0.312 e. The number of rotatable bonds is 10. The van der Waals surface area contributed by atoms with E-state index in [-0.39, 0.29) is 6.42 Å². The van der Waals surface area contributed by atoms with Gasteiger partial charge in [0, 0.05) is 29.3 Å². The van der Waals surface area contributed by atoms with Crippen LogP contribution in [0, 0.1) is 6.92 Å². The molecule has 0 aliphatic rings. The van der Waals surface area contributed by atoms with Crippen molar-refractivity contribution in [3.8, 4) is 17.2 Å². The minimum Gasteiger partial charge on any atom is -0.497 e. The number of anilines is 1. The summed E-state index contributed by atoms with van der Waals surface area (Å²) in [6.07, 6.45) is -0.0265. The van der Waals surface area contributed by atoms with Crippen molar-refractivity contribution in [2.75, 3.05) is 26.1 Å². The molecule has 1 N–H and O–H groups in total. The number of hydrogen-bond donors (Lipinski definition) is 1. The Morgan fingerprint density at radius 3 is 2.34 bits per heavy atom. The van der Waals surface area contributed by atoms with Gasteiger partial charge in [0.25, 0.3) is 5.91 Å². The molecule has 0 radical (unpaired) electrons. The zero-order valence-corrected chi connectivity index (χ0v) is 18.9. The van der Waals surface area contributed by atoms with Crippen molar-refractivity contribution >= 4 is 28.9 Å².